The SMILES string of the molecule is Cn1cc(Nc2cc(C(=O)O)cc(C(C)(C)C)n2)cn1. The number of pyridine rings is 1. The van der Waals surface area contributed by atoms with Crippen LogP contribution in [-0.4, -0.2) is 25.8 Å². The molecule has 0 fully saturated rings. The summed E-state index contributed by atoms with van der Waals surface area (Å²) in [6, 6.07) is 3.13. The molecule has 6 heteroatoms. The first-order valence-corrected chi connectivity index (χ1v) is 6.27. The van der Waals surface area contributed by atoms with E-state index < -0.39 is 5.97 Å². The van der Waals surface area contributed by atoms with E-state index >= 15 is 0 Å². The van der Waals surface area contributed by atoms with Crippen LogP contribution in [0.25, 0.3) is 0 Å². The molecule has 2 rings (SSSR count). The molecule has 0 saturated carbocycles. The summed E-state index contributed by atoms with van der Waals surface area (Å²) in [7, 11) is 1.81. The quantitative estimate of drug-likeness (QED) is 0.899. The van der Waals surface area contributed by atoms with Gasteiger partial charge in [0.15, 0.2) is 0 Å². The van der Waals surface area contributed by atoms with Crippen LogP contribution in [0, 0.1) is 0 Å². The Labute approximate surface area is 117 Å². The summed E-state index contributed by atoms with van der Waals surface area (Å²) < 4.78 is 1.66. The van der Waals surface area contributed by atoms with Gasteiger partial charge in [0, 0.05) is 24.4 Å². The summed E-state index contributed by atoms with van der Waals surface area (Å²) >= 11 is 0. The number of anilines is 2. The normalized spacial score (nSPS) is 11.4. The lowest BCUT2D eigenvalue weighted by Crippen LogP contribution is -2.16. The zero-order valence-corrected chi connectivity index (χ0v) is 12.0. The summed E-state index contributed by atoms with van der Waals surface area (Å²) in [4.78, 5) is 15.7. The number of nitrogens with one attached hydrogen (secondary N) is 1. The van der Waals surface area contributed by atoms with E-state index in [-0.39, 0.29) is 11.0 Å². The number of carboxylic acid groups (broad SMARTS) is 1. The lowest BCUT2D eigenvalue weighted by molar-refractivity contribution is 0.0696. The van der Waals surface area contributed by atoms with Crippen molar-refractivity contribution in [1.82, 2.24) is 14.8 Å². The average molecular weight is 274 g/mol. The molecule has 6 nitrogen and oxygen atoms in total. The summed E-state index contributed by atoms with van der Waals surface area (Å²) in [6.07, 6.45) is 3.46. The van der Waals surface area contributed by atoms with Gasteiger partial charge < -0.3 is 10.4 Å². The van der Waals surface area contributed by atoms with Gasteiger partial charge in [0.05, 0.1) is 17.4 Å². The van der Waals surface area contributed by atoms with E-state index in [1.165, 1.54) is 6.07 Å². The van der Waals surface area contributed by atoms with Crippen molar-refractivity contribution < 1.29 is 9.90 Å². The van der Waals surface area contributed by atoms with Gasteiger partial charge in [-0.15, -0.1) is 0 Å². The third-order valence-electron chi connectivity index (χ3n) is 2.82. The molecule has 0 saturated heterocycles. The number of hydrogen-bond acceptors (Lipinski definition) is 4. The van der Waals surface area contributed by atoms with Gasteiger partial charge in [-0.1, -0.05) is 20.8 Å². The molecule has 0 atom stereocenters. The van der Waals surface area contributed by atoms with E-state index in [0.717, 1.165) is 11.4 Å². The maximum Gasteiger partial charge on any atom is 0.335 e. The van der Waals surface area contributed by atoms with Gasteiger partial charge in [0.2, 0.25) is 0 Å². The van der Waals surface area contributed by atoms with Gasteiger partial charge >= 0.3 is 5.97 Å². The standard InChI is InChI=1S/C14H18N4O2/c1-14(2,3)11-5-9(13(19)20)6-12(17-11)16-10-7-15-18(4)8-10/h5-8H,1-4H3,(H,16,17)(H,19,20). The Hall–Kier alpha value is -2.37. The highest BCUT2D eigenvalue weighted by Gasteiger charge is 2.19. The lowest BCUT2D eigenvalue weighted by Gasteiger charge is -2.19. The van der Waals surface area contributed by atoms with Gasteiger partial charge in [-0.25, -0.2) is 9.78 Å². The minimum absolute atomic E-state index is 0.219. The number of aromatic nitrogens is 3. The molecule has 2 heterocycles. The zero-order valence-electron chi connectivity index (χ0n) is 12.0. The number of carbonyl (C=O) groups is 1. The molecule has 0 aliphatic carbocycles. The Morgan fingerprint density at radius 1 is 1.35 bits per heavy atom. The summed E-state index contributed by atoms with van der Waals surface area (Å²) in [5.74, 6) is -0.463. The maximum absolute atomic E-state index is 11.2. The number of rotatable bonds is 3. The fraction of sp³-hybridized carbons (Fsp3) is 0.357. The van der Waals surface area contributed by atoms with Crippen molar-refractivity contribution in [3.63, 3.8) is 0 Å². The van der Waals surface area contributed by atoms with Gasteiger partial charge in [0.25, 0.3) is 0 Å². The highest BCUT2D eigenvalue weighted by molar-refractivity contribution is 5.89. The highest BCUT2D eigenvalue weighted by atomic mass is 16.4. The van der Waals surface area contributed by atoms with Crippen molar-refractivity contribution in [2.45, 2.75) is 26.2 Å². The molecule has 0 radical (unpaired) electrons. The van der Waals surface area contributed by atoms with Gasteiger partial charge in [-0.3, -0.25) is 4.68 Å². The van der Waals surface area contributed by atoms with Crippen LogP contribution in [0.3, 0.4) is 0 Å². The Morgan fingerprint density at radius 3 is 2.55 bits per heavy atom. The van der Waals surface area contributed by atoms with Crippen LogP contribution in [0.5, 0.6) is 0 Å². The third kappa shape index (κ3) is 3.14. The molecular weight excluding hydrogens is 256 g/mol. The number of aryl methyl sites for hydroxylation is 1. The summed E-state index contributed by atoms with van der Waals surface area (Å²) in [5, 5.41) is 16.3. The van der Waals surface area contributed by atoms with Crippen LogP contribution in [-0.2, 0) is 12.5 Å². The Morgan fingerprint density at radius 2 is 2.05 bits per heavy atom. The average Bonchev–Trinajstić information content (AvgIpc) is 2.73. The van der Waals surface area contributed by atoms with Crippen molar-refractivity contribution >= 4 is 17.5 Å². The monoisotopic (exact) mass is 274 g/mol. The predicted octanol–water partition coefficient (Wildman–Crippen LogP) is 2.55. The van der Waals surface area contributed by atoms with Crippen LogP contribution in [0.4, 0.5) is 11.5 Å². The van der Waals surface area contributed by atoms with Gasteiger partial charge in [-0.2, -0.15) is 5.10 Å². The molecule has 2 N–H and O–H groups in total. The minimum Gasteiger partial charge on any atom is -0.478 e. The molecule has 0 bridgehead atoms. The molecule has 0 aromatic carbocycles. The largest absolute Gasteiger partial charge is 0.478 e. The number of hydrogen-bond donors (Lipinski definition) is 2. The predicted molar refractivity (Wildman–Crippen MR) is 76.4 cm³/mol. The van der Waals surface area contributed by atoms with Crippen molar-refractivity contribution in [3.8, 4) is 0 Å². The van der Waals surface area contributed by atoms with Crippen molar-refractivity contribution in [2.24, 2.45) is 7.05 Å². The Balaban J connectivity index is 2.41. The van der Waals surface area contributed by atoms with E-state index in [0.29, 0.717) is 5.82 Å². The van der Waals surface area contributed by atoms with Crippen LogP contribution >= 0.6 is 0 Å². The minimum atomic E-state index is -0.966. The van der Waals surface area contributed by atoms with E-state index in [4.69, 9.17) is 0 Å². The lowest BCUT2D eigenvalue weighted by atomic mass is 9.91. The fourth-order valence-corrected chi connectivity index (χ4v) is 1.74. The Bertz CT molecular complexity index is 641. The topological polar surface area (TPSA) is 80.0 Å². The van der Waals surface area contributed by atoms with Crippen LogP contribution in [0.2, 0.25) is 0 Å². The molecule has 2 aromatic heterocycles. The van der Waals surface area contributed by atoms with E-state index in [2.05, 4.69) is 15.4 Å². The van der Waals surface area contributed by atoms with Gasteiger partial charge in [0.1, 0.15) is 5.82 Å². The fourth-order valence-electron chi connectivity index (χ4n) is 1.74. The number of aromatic carboxylic acids is 1. The van der Waals surface area contributed by atoms with Crippen LogP contribution in [0.1, 0.15) is 36.8 Å². The summed E-state index contributed by atoms with van der Waals surface area (Å²) in [6.45, 7) is 5.98. The van der Waals surface area contributed by atoms with Crippen molar-refractivity contribution in [1.29, 1.82) is 0 Å². The number of carboxylic acids is 1. The van der Waals surface area contributed by atoms with Crippen molar-refractivity contribution in [2.75, 3.05) is 5.32 Å². The Kier molecular flexibility index (Phi) is 3.48. The first kappa shape index (κ1) is 14.0. The van der Waals surface area contributed by atoms with E-state index in [1.54, 1.807) is 23.1 Å². The molecule has 0 amide bonds. The highest BCUT2D eigenvalue weighted by Crippen LogP contribution is 2.24. The van der Waals surface area contributed by atoms with E-state index in [9.17, 15) is 9.90 Å². The molecular formula is C14H18N4O2. The second kappa shape index (κ2) is 4.96. The van der Waals surface area contributed by atoms with Crippen LogP contribution in [0.15, 0.2) is 24.5 Å². The first-order chi connectivity index (χ1) is 9.25. The molecule has 0 aliphatic rings. The smallest absolute Gasteiger partial charge is 0.335 e. The second-order valence-electron chi connectivity index (χ2n) is 5.71. The van der Waals surface area contributed by atoms with Crippen molar-refractivity contribution in [3.05, 3.63) is 35.8 Å². The summed E-state index contributed by atoms with van der Waals surface area (Å²) in [5.41, 5.74) is 1.49. The van der Waals surface area contributed by atoms with Gasteiger partial charge in [-0.05, 0) is 12.1 Å². The number of nitrogens with zero attached hydrogens (tertiary/aromatic N) is 3. The second-order valence-corrected chi connectivity index (χ2v) is 5.71. The molecule has 0 aliphatic heterocycles. The van der Waals surface area contributed by atoms with E-state index in [1.807, 2.05) is 27.8 Å². The third-order valence-corrected chi connectivity index (χ3v) is 2.82. The first-order valence-electron chi connectivity index (χ1n) is 6.27. The molecule has 20 heavy (non-hydrogen) atoms. The molecule has 0 spiro atoms. The maximum atomic E-state index is 11.2. The van der Waals surface area contributed by atoms with Crippen LogP contribution < -0.4 is 5.32 Å². The molecule has 2 aromatic rings. The zero-order chi connectivity index (χ0) is 14.9. The molecule has 0 unspecified atom stereocenters. The molecule has 106 valence electrons.